The minimum Gasteiger partial charge on any atom is -0.484 e. The highest BCUT2D eigenvalue weighted by Crippen LogP contribution is 2.29. The second-order valence-corrected chi connectivity index (χ2v) is 9.09. The number of nitrogens with one attached hydrogen (secondary N) is 1. The number of piperidine rings is 1. The quantitative estimate of drug-likeness (QED) is 0.569. The largest absolute Gasteiger partial charge is 0.484 e. The molecule has 2 saturated heterocycles. The average molecular weight is 468 g/mol. The molecule has 2 aliphatic rings. The molecule has 2 amide bonds. The van der Waals surface area contributed by atoms with Crippen molar-refractivity contribution in [3.63, 3.8) is 0 Å². The molecule has 3 N–H and O–H groups in total. The second-order valence-electron chi connectivity index (χ2n) is 9.09. The molecular formula is C26H33N3O5. The van der Waals surface area contributed by atoms with E-state index in [1.54, 1.807) is 24.3 Å². The molecule has 0 spiro atoms. The third-order valence-electron chi connectivity index (χ3n) is 6.64. The van der Waals surface area contributed by atoms with Crippen LogP contribution in [0.15, 0.2) is 48.5 Å². The van der Waals surface area contributed by atoms with Crippen molar-refractivity contribution in [2.75, 3.05) is 39.8 Å². The summed E-state index contributed by atoms with van der Waals surface area (Å²) in [6.07, 6.45) is -0.00221. The monoisotopic (exact) mass is 467 g/mol. The molecule has 0 bridgehead atoms. The molecule has 0 aromatic heterocycles. The summed E-state index contributed by atoms with van der Waals surface area (Å²) < 4.78 is 5.60. The molecule has 0 saturated carbocycles. The number of rotatable bonds is 7. The van der Waals surface area contributed by atoms with E-state index in [9.17, 15) is 19.8 Å². The Morgan fingerprint density at radius 2 is 1.71 bits per heavy atom. The van der Waals surface area contributed by atoms with Crippen LogP contribution in [0.1, 0.15) is 40.2 Å². The number of hydrogen-bond acceptors (Lipinski definition) is 6. The molecule has 2 aromatic carbocycles. The number of likely N-dealkylation sites (tertiary alicyclic amines) is 2. The number of amides is 2. The van der Waals surface area contributed by atoms with E-state index < -0.39 is 12.2 Å². The van der Waals surface area contributed by atoms with Gasteiger partial charge in [-0.25, -0.2) is 0 Å². The van der Waals surface area contributed by atoms with Crippen LogP contribution in [0.5, 0.6) is 5.75 Å². The summed E-state index contributed by atoms with van der Waals surface area (Å²) in [5.41, 5.74) is 3.13. The van der Waals surface area contributed by atoms with Crippen molar-refractivity contribution in [1.82, 2.24) is 15.1 Å². The van der Waals surface area contributed by atoms with Gasteiger partial charge in [0.2, 0.25) is 0 Å². The van der Waals surface area contributed by atoms with Crippen LogP contribution in [0.4, 0.5) is 0 Å². The smallest absolute Gasteiger partial charge is 0.260 e. The Balaban J connectivity index is 1.30. The molecule has 2 aliphatic heterocycles. The zero-order chi connectivity index (χ0) is 24.1. The van der Waals surface area contributed by atoms with Crippen molar-refractivity contribution in [3.8, 4) is 5.75 Å². The molecule has 8 heteroatoms. The van der Waals surface area contributed by atoms with E-state index in [0.29, 0.717) is 30.3 Å². The fourth-order valence-corrected chi connectivity index (χ4v) is 4.69. The van der Waals surface area contributed by atoms with Crippen LogP contribution in [0.3, 0.4) is 0 Å². The van der Waals surface area contributed by atoms with Gasteiger partial charge in [-0.15, -0.1) is 0 Å². The molecule has 2 heterocycles. The van der Waals surface area contributed by atoms with Crippen LogP contribution in [-0.2, 0) is 11.3 Å². The van der Waals surface area contributed by atoms with Gasteiger partial charge in [-0.05, 0) is 55.1 Å². The lowest BCUT2D eigenvalue weighted by atomic mass is 9.88. The molecule has 2 unspecified atom stereocenters. The van der Waals surface area contributed by atoms with E-state index in [0.717, 1.165) is 19.4 Å². The Kier molecular flexibility index (Phi) is 7.82. The highest BCUT2D eigenvalue weighted by atomic mass is 16.5. The summed E-state index contributed by atoms with van der Waals surface area (Å²) in [6, 6.07) is 15.5. The van der Waals surface area contributed by atoms with Crippen molar-refractivity contribution in [2.24, 2.45) is 0 Å². The molecule has 4 rings (SSSR count). The Morgan fingerprint density at radius 3 is 2.41 bits per heavy atom. The Hall–Kier alpha value is -2.94. The Morgan fingerprint density at radius 1 is 1.00 bits per heavy atom. The Labute approximate surface area is 200 Å². The lowest BCUT2D eigenvalue weighted by Gasteiger charge is -2.32. The highest BCUT2D eigenvalue weighted by Gasteiger charge is 2.32. The van der Waals surface area contributed by atoms with E-state index in [1.165, 1.54) is 16.0 Å². The van der Waals surface area contributed by atoms with Gasteiger partial charge in [0.1, 0.15) is 5.75 Å². The molecule has 182 valence electrons. The van der Waals surface area contributed by atoms with Gasteiger partial charge in [-0.3, -0.25) is 9.59 Å². The summed E-state index contributed by atoms with van der Waals surface area (Å²) >= 11 is 0. The van der Waals surface area contributed by atoms with Gasteiger partial charge in [-0.2, -0.15) is 0 Å². The van der Waals surface area contributed by atoms with Gasteiger partial charge >= 0.3 is 0 Å². The first-order valence-electron chi connectivity index (χ1n) is 11.8. The number of carbonyl (C=O) groups is 2. The van der Waals surface area contributed by atoms with Crippen LogP contribution in [0.2, 0.25) is 0 Å². The number of aliphatic hydroxyl groups is 2. The maximum Gasteiger partial charge on any atom is 0.260 e. The minimum absolute atomic E-state index is 0.0371. The van der Waals surface area contributed by atoms with Crippen LogP contribution >= 0.6 is 0 Å². The zero-order valence-corrected chi connectivity index (χ0v) is 19.5. The standard InChI is InChI=1S/C26H33N3O5/c1-27-14-18-4-2-5-20(12-18)19-8-10-28(11-9-19)26(33)21-6-3-7-22(13-21)34-17-25(32)29-15-23(30)24(31)16-29/h2-7,12-13,19,23-24,27,30-31H,8-11,14-17H2,1H3. The normalized spacial score (nSPS) is 21.0. The highest BCUT2D eigenvalue weighted by molar-refractivity contribution is 5.94. The van der Waals surface area contributed by atoms with Crippen LogP contribution in [0, 0.1) is 0 Å². The number of benzene rings is 2. The van der Waals surface area contributed by atoms with Crippen molar-refractivity contribution >= 4 is 11.8 Å². The lowest BCUT2D eigenvalue weighted by Crippen LogP contribution is -2.38. The summed E-state index contributed by atoms with van der Waals surface area (Å²) in [5, 5.41) is 22.4. The minimum atomic E-state index is -0.925. The number of aliphatic hydroxyl groups excluding tert-OH is 2. The SMILES string of the molecule is CNCc1cccc(C2CCN(C(=O)c3cccc(OCC(=O)N4CC(O)C(O)C4)c3)CC2)c1. The maximum absolute atomic E-state index is 13.1. The summed E-state index contributed by atoms with van der Waals surface area (Å²) in [4.78, 5) is 28.6. The molecule has 2 aromatic rings. The molecule has 2 fully saturated rings. The van der Waals surface area contributed by atoms with Gasteiger partial charge < -0.3 is 30.1 Å². The number of ether oxygens (including phenoxy) is 1. The molecule has 8 nitrogen and oxygen atoms in total. The summed E-state index contributed by atoms with van der Waals surface area (Å²) in [6.45, 7) is 2.22. The van der Waals surface area contributed by atoms with Gasteiger partial charge in [-0.1, -0.05) is 30.3 Å². The van der Waals surface area contributed by atoms with Crippen molar-refractivity contribution in [1.29, 1.82) is 0 Å². The van der Waals surface area contributed by atoms with Crippen LogP contribution in [-0.4, -0.2) is 83.9 Å². The fourth-order valence-electron chi connectivity index (χ4n) is 4.69. The summed E-state index contributed by atoms with van der Waals surface area (Å²) in [7, 11) is 1.94. The van der Waals surface area contributed by atoms with E-state index in [4.69, 9.17) is 4.74 Å². The second kappa shape index (κ2) is 11.0. The van der Waals surface area contributed by atoms with E-state index in [2.05, 4.69) is 29.6 Å². The fraction of sp³-hybridized carbons (Fsp3) is 0.462. The van der Waals surface area contributed by atoms with Crippen molar-refractivity contribution < 1.29 is 24.5 Å². The molecule has 2 atom stereocenters. The number of β-amino-alcohol motifs (C(OH)–C–C–N with tert-alkyl or cyclic N) is 2. The predicted molar refractivity (Wildman–Crippen MR) is 128 cm³/mol. The first-order chi connectivity index (χ1) is 16.4. The summed E-state index contributed by atoms with van der Waals surface area (Å²) in [5.74, 6) is 0.540. The van der Waals surface area contributed by atoms with Crippen LogP contribution < -0.4 is 10.1 Å². The predicted octanol–water partition coefficient (Wildman–Crippen LogP) is 1.37. The zero-order valence-electron chi connectivity index (χ0n) is 19.5. The maximum atomic E-state index is 13.1. The third kappa shape index (κ3) is 5.75. The van der Waals surface area contributed by atoms with Crippen LogP contribution in [0.25, 0.3) is 0 Å². The van der Waals surface area contributed by atoms with E-state index in [1.807, 2.05) is 11.9 Å². The van der Waals surface area contributed by atoms with Gasteiger partial charge in [0, 0.05) is 38.3 Å². The van der Waals surface area contributed by atoms with Crippen molar-refractivity contribution in [2.45, 2.75) is 37.5 Å². The third-order valence-corrected chi connectivity index (χ3v) is 6.64. The topological polar surface area (TPSA) is 102 Å². The average Bonchev–Trinajstić information content (AvgIpc) is 3.21. The van der Waals surface area contributed by atoms with Crippen molar-refractivity contribution in [3.05, 3.63) is 65.2 Å². The molecular weight excluding hydrogens is 434 g/mol. The van der Waals surface area contributed by atoms with Gasteiger partial charge in [0.05, 0.1) is 12.2 Å². The van der Waals surface area contributed by atoms with Gasteiger partial charge in [0.15, 0.2) is 6.61 Å². The number of nitrogens with zero attached hydrogens (tertiary/aromatic N) is 2. The molecule has 0 radical (unpaired) electrons. The molecule has 34 heavy (non-hydrogen) atoms. The van der Waals surface area contributed by atoms with E-state index >= 15 is 0 Å². The lowest BCUT2D eigenvalue weighted by molar-refractivity contribution is -0.132. The van der Waals surface area contributed by atoms with E-state index in [-0.39, 0.29) is 31.5 Å². The number of carbonyl (C=O) groups excluding carboxylic acids is 2. The molecule has 0 aliphatic carbocycles. The Bertz CT molecular complexity index is 995. The first-order valence-corrected chi connectivity index (χ1v) is 11.8. The first kappa shape index (κ1) is 24.2. The van der Waals surface area contributed by atoms with Gasteiger partial charge in [0.25, 0.3) is 11.8 Å². The number of hydrogen-bond donors (Lipinski definition) is 3.